The monoisotopic (exact) mass is 385 g/mol. The zero-order chi connectivity index (χ0) is 14.6. The lowest BCUT2D eigenvalue weighted by molar-refractivity contribution is 0.286. The maximum Gasteiger partial charge on any atom is 0.0130 e. The first-order valence-electron chi connectivity index (χ1n) is 7.93. The van der Waals surface area contributed by atoms with Crippen LogP contribution in [0.15, 0.2) is 24.3 Å². The Balaban J connectivity index is 1.99. The molecule has 1 atom stereocenters. The van der Waals surface area contributed by atoms with Gasteiger partial charge >= 0.3 is 0 Å². The van der Waals surface area contributed by atoms with Crippen molar-refractivity contribution in [3.63, 3.8) is 0 Å². The van der Waals surface area contributed by atoms with Crippen LogP contribution in [0.1, 0.15) is 52.0 Å². The fourth-order valence-electron chi connectivity index (χ4n) is 3.19. The lowest BCUT2D eigenvalue weighted by Crippen LogP contribution is -2.41. The van der Waals surface area contributed by atoms with Crippen molar-refractivity contribution < 1.29 is 0 Å². The standard InChI is InChI=1S/C18H28IN/c1-18(2,3)20-13-16(15-6-4-5-7-15)12-14-8-10-17(19)11-9-14/h8-11,15-16,20H,4-7,12-13H2,1-3H3. The van der Waals surface area contributed by atoms with E-state index in [2.05, 4.69) is 72.9 Å². The fraction of sp³-hybridized carbons (Fsp3) is 0.667. The van der Waals surface area contributed by atoms with Gasteiger partial charge in [-0.3, -0.25) is 0 Å². The molecule has 1 aliphatic carbocycles. The van der Waals surface area contributed by atoms with E-state index in [9.17, 15) is 0 Å². The molecular formula is C18H28IN. The number of halogens is 1. The van der Waals surface area contributed by atoms with Crippen LogP contribution in [0.2, 0.25) is 0 Å². The minimum atomic E-state index is 0.225. The normalized spacial score (nSPS) is 18.4. The molecule has 1 fully saturated rings. The summed E-state index contributed by atoms with van der Waals surface area (Å²) in [6.07, 6.45) is 6.96. The summed E-state index contributed by atoms with van der Waals surface area (Å²) < 4.78 is 1.33. The maximum atomic E-state index is 3.73. The van der Waals surface area contributed by atoms with Gasteiger partial charge in [0, 0.05) is 9.11 Å². The first-order chi connectivity index (χ1) is 9.44. The molecule has 0 heterocycles. The van der Waals surface area contributed by atoms with Gasteiger partial charge in [0.05, 0.1) is 0 Å². The van der Waals surface area contributed by atoms with Gasteiger partial charge in [-0.15, -0.1) is 0 Å². The van der Waals surface area contributed by atoms with E-state index in [-0.39, 0.29) is 5.54 Å². The van der Waals surface area contributed by atoms with E-state index in [0.717, 1.165) is 18.4 Å². The average molecular weight is 385 g/mol. The highest BCUT2D eigenvalue weighted by Gasteiger charge is 2.26. The van der Waals surface area contributed by atoms with E-state index in [1.807, 2.05) is 0 Å². The molecule has 0 bridgehead atoms. The van der Waals surface area contributed by atoms with E-state index >= 15 is 0 Å². The second-order valence-corrected chi connectivity index (χ2v) is 8.51. The number of hydrogen-bond donors (Lipinski definition) is 1. The SMILES string of the molecule is CC(C)(C)NCC(Cc1ccc(I)cc1)C1CCCC1. The maximum absolute atomic E-state index is 3.73. The molecule has 112 valence electrons. The molecule has 0 aromatic heterocycles. The molecule has 1 nitrogen and oxygen atoms in total. The van der Waals surface area contributed by atoms with Crippen LogP contribution in [-0.4, -0.2) is 12.1 Å². The van der Waals surface area contributed by atoms with E-state index in [0.29, 0.717) is 0 Å². The zero-order valence-corrected chi connectivity index (χ0v) is 15.2. The highest BCUT2D eigenvalue weighted by Crippen LogP contribution is 2.33. The number of hydrogen-bond acceptors (Lipinski definition) is 1. The molecule has 0 amide bonds. The van der Waals surface area contributed by atoms with Gasteiger partial charge in [-0.05, 0) is 85.9 Å². The van der Waals surface area contributed by atoms with Gasteiger partial charge in [0.2, 0.25) is 0 Å². The van der Waals surface area contributed by atoms with Crippen molar-refractivity contribution in [3.05, 3.63) is 33.4 Å². The molecule has 1 unspecified atom stereocenters. The topological polar surface area (TPSA) is 12.0 Å². The molecule has 1 aromatic carbocycles. The second kappa shape index (κ2) is 7.26. The Morgan fingerprint density at radius 3 is 2.30 bits per heavy atom. The number of benzene rings is 1. The Bertz CT molecular complexity index is 398. The minimum Gasteiger partial charge on any atom is -0.312 e. The third-order valence-electron chi connectivity index (χ3n) is 4.37. The summed E-state index contributed by atoms with van der Waals surface area (Å²) in [6, 6.07) is 9.08. The Hall–Kier alpha value is -0.0900. The van der Waals surface area contributed by atoms with Gasteiger partial charge in [0.25, 0.3) is 0 Å². The average Bonchev–Trinajstić information content (AvgIpc) is 2.89. The van der Waals surface area contributed by atoms with Crippen LogP contribution in [0, 0.1) is 15.4 Å². The van der Waals surface area contributed by atoms with Gasteiger partial charge in [-0.2, -0.15) is 0 Å². The van der Waals surface area contributed by atoms with Crippen molar-refractivity contribution >= 4 is 22.6 Å². The third kappa shape index (κ3) is 5.36. The van der Waals surface area contributed by atoms with E-state index < -0.39 is 0 Å². The quantitative estimate of drug-likeness (QED) is 0.702. The number of nitrogens with one attached hydrogen (secondary N) is 1. The summed E-state index contributed by atoms with van der Waals surface area (Å²) >= 11 is 2.38. The molecule has 1 aliphatic rings. The van der Waals surface area contributed by atoms with Crippen LogP contribution < -0.4 is 5.32 Å². The smallest absolute Gasteiger partial charge is 0.0130 e. The van der Waals surface area contributed by atoms with Gasteiger partial charge in [0.1, 0.15) is 0 Å². The lowest BCUT2D eigenvalue weighted by Gasteiger charge is -2.29. The predicted molar refractivity (Wildman–Crippen MR) is 96.1 cm³/mol. The molecule has 1 aromatic rings. The Kier molecular flexibility index (Phi) is 5.91. The summed E-state index contributed by atoms with van der Waals surface area (Å²) in [5.41, 5.74) is 1.72. The van der Waals surface area contributed by atoms with Crippen molar-refractivity contribution in [2.75, 3.05) is 6.54 Å². The molecule has 20 heavy (non-hydrogen) atoms. The molecule has 2 heteroatoms. The highest BCUT2D eigenvalue weighted by atomic mass is 127. The summed E-state index contributed by atoms with van der Waals surface area (Å²) in [5, 5.41) is 3.73. The minimum absolute atomic E-state index is 0.225. The molecule has 1 N–H and O–H groups in total. The summed E-state index contributed by atoms with van der Waals surface area (Å²) in [7, 11) is 0. The third-order valence-corrected chi connectivity index (χ3v) is 5.09. The van der Waals surface area contributed by atoms with Crippen molar-refractivity contribution in [2.24, 2.45) is 11.8 Å². The molecular weight excluding hydrogens is 357 g/mol. The van der Waals surface area contributed by atoms with Crippen LogP contribution in [-0.2, 0) is 6.42 Å². The van der Waals surface area contributed by atoms with Crippen LogP contribution in [0.3, 0.4) is 0 Å². The molecule has 0 aliphatic heterocycles. The molecule has 0 spiro atoms. The Morgan fingerprint density at radius 2 is 1.75 bits per heavy atom. The van der Waals surface area contributed by atoms with E-state index in [4.69, 9.17) is 0 Å². The predicted octanol–water partition coefficient (Wildman–Crippen LogP) is 5.03. The Labute approximate surface area is 138 Å². The van der Waals surface area contributed by atoms with Crippen LogP contribution in [0.5, 0.6) is 0 Å². The first kappa shape index (κ1) is 16.3. The van der Waals surface area contributed by atoms with E-state index in [1.165, 1.54) is 41.2 Å². The fourth-order valence-corrected chi connectivity index (χ4v) is 3.55. The number of rotatable bonds is 5. The Morgan fingerprint density at radius 1 is 1.15 bits per heavy atom. The van der Waals surface area contributed by atoms with E-state index in [1.54, 1.807) is 0 Å². The van der Waals surface area contributed by atoms with Crippen LogP contribution in [0.25, 0.3) is 0 Å². The lowest BCUT2D eigenvalue weighted by atomic mass is 9.85. The van der Waals surface area contributed by atoms with Crippen LogP contribution >= 0.6 is 22.6 Å². The molecule has 1 saturated carbocycles. The molecule has 0 radical (unpaired) electrons. The van der Waals surface area contributed by atoms with Crippen LogP contribution in [0.4, 0.5) is 0 Å². The van der Waals surface area contributed by atoms with Crippen molar-refractivity contribution in [1.29, 1.82) is 0 Å². The van der Waals surface area contributed by atoms with Gasteiger partial charge in [0.15, 0.2) is 0 Å². The van der Waals surface area contributed by atoms with Gasteiger partial charge in [-0.25, -0.2) is 0 Å². The van der Waals surface area contributed by atoms with Gasteiger partial charge < -0.3 is 5.32 Å². The summed E-state index contributed by atoms with van der Waals surface area (Å²) in [4.78, 5) is 0. The summed E-state index contributed by atoms with van der Waals surface area (Å²) in [6.45, 7) is 7.96. The zero-order valence-electron chi connectivity index (χ0n) is 13.1. The van der Waals surface area contributed by atoms with Crippen molar-refractivity contribution in [1.82, 2.24) is 5.32 Å². The van der Waals surface area contributed by atoms with Crippen molar-refractivity contribution in [2.45, 2.75) is 58.4 Å². The van der Waals surface area contributed by atoms with Crippen molar-refractivity contribution in [3.8, 4) is 0 Å². The second-order valence-electron chi connectivity index (χ2n) is 7.27. The highest BCUT2D eigenvalue weighted by molar-refractivity contribution is 14.1. The first-order valence-corrected chi connectivity index (χ1v) is 9.01. The molecule has 0 saturated heterocycles. The largest absolute Gasteiger partial charge is 0.312 e. The van der Waals surface area contributed by atoms with Gasteiger partial charge in [-0.1, -0.05) is 37.8 Å². The summed E-state index contributed by atoms with van der Waals surface area (Å²) in [5.74, 6) is 1.71. The molecule has 2 rings (SSSR count).